The summed E-state index contributed by atoms with van der Waals surface area (Å²) in [5.41, 5.74) is -0.952. The van der Waals surface area contributed by atoms with Crippen molar-refractivity contribution in [3.8, 4) is 11.4 Å². The van der Waals surface area contributed by atoms with Gasteiger partial charge in [-0.1, -0.05) is 12.1 Å². The fraction of sp³-hybridized carbons (Fsp3) is 0.312. The molecule has 1 aromatic carbocycles. The van der Waals surface area contributed by atoms with Gasteiger partial charge < -0.3 is 4.74 Å². The molecule has 0 saturated carbocycles. The van der Waals surface area contributed by atoms with Crippen molar-refractivity contribution in [1.82, 2.24) is 29.0 Å². The highest BCUT2D eigenvalue weighted by Gasteiger charge is 2.26. The third kappa shape index (κ3) is 3.10. The van der Waals surface area contributed by atoms with Crippen molar-refractivity contribution >= 4 is 21.2 Å². The van der Waals surface area contributed by atoms with Crippen LogP contribution >= 0.6 is 0 Å². The first-order chi connectivity index (χ1) is 13.4. The van der Waals surface area contributed by atoms with Crippen LogP contribution < -0.4 is 11.2 Å². The molecule has 12 heteroatoms. The van der Waals surface area contributed by atoms with E-state index in [9.17, 15) is 18.0 Å². The predicted octanol–water partition coefficient (Wildman–Crippen LogP) is -0.900. The number of aromatic nitrogens is 5. The number of fused-ring (bicyclic) bond motifs is 1. The Balaban J connectivity index is 1.79. The standard InChI is InChI=1S/C16H16N6O5S/c1-21-15(23)12-14(18-16(21)24)20-19-13(17-12)10-3-2-4-11(9-10)28(25,26)22-5-7-27-8-6-22/h2-4,9H,5-8H2,1H3,(H,18,20,24). The molecule has 1 N–H and O–H groups in total. The molecule has 146 valence electrons. The summed E-state index contributed by atoms with van der Waals surface area (Å²) in [5, 5.41) is 7.76. The molecule has 28 heavy (non-hydrogen) atoms. The van der Waals surface area contributed by atoms with Crippen molar-refractivity contribution < 1.29 is 13.2 Å². The molecule has 1 saturated heterocycles. The van der Waals surface area contributed by atoms with E-state index in [1.165, 1.54) is 23.5 Å². The largest absolute Gasteiger partial charge is 0.379 e. The summed E-state index contributed by atoms with van der Waals surface area (Å²) in [6.07, 6.45) is 0. The first kappa shape index (κ1) is 18.4. The van der Waals surface area contributed by atoms with Gasteiger partial charge in [-0.05, 0) is 12.1 Å². The minimum Gasteiger partial charge on any atom is -0.379 e. The number of ether oxygens (including phenoxy) is 1. The Bertz CT molecular complexity index is 1280. The number of hydrogen-bond donors (Lipinski definition) is 1. The van der Waals surface area contributed by atoms with E-state index in [0.29, 0.717) is 18.8 Å². The highest BCUT2D eigenvalue weighted by molar-refractivity contribution is 7.89. The Kier molecular flexibility index (Phi) is 4.53. The molecule has 0 spiro atoms. The molecule has 3 aromatic rings. The van der Waals surface area contributed by atoms with Crippen LogP contribution in [0.1, 0.15) is 0 Å². The SMILES string of the molecule is Cn1c(=O)[nH]c2nnc(-c3cccc(S(=O)(=O)N4CCOCC4)c3)nc2c1=O. The topological polar surface area (TPSA) is 140 Å². The smallest absolute Gasteiger partial charge is 0.329 e. The summed E-state index contributed by atoms with van der Waals surface area (Å²) in [5.74, 6) is 0.0793. The summed E-state index contributed by atoms with van der Waals surface area (Å²) >= 11 is 0. The molecule has 3 heterocycles. The lowest BCUT2D eigenvalue weighted by Gasteiger charge is -2.26. The van der Waals surface area contributed by atoms with Crippen LogP contribution in [0.25, 0.3) is 22.6 Å². The van der Waals surface area contributed by atoms with Crippen LogP contribution in [0, 0.1) is 0 Å². The monoisotopic (exact) mass is 404 g/mol. The van der Waals surface area contributed by atoms with E-state index in [1.807, 2.05) is 0 Å². The van der Waals surface area contributed by atoms with Gasteiger partial charge in [0.1, 0.15) is 0 Å². The number of nitrogens with one attached hydrogen (secondary N) is 1. The van der Waals surface area contributed by atoms with Crippen LogP contribution in [0.15, 0.2) is 38.8 Å². The zero-order valence-electron chi connectivity index (χ0n) is 14.8. The predicted molar refractivity (Wildman–Crippen MR) is 98.2 cm³/mol. The third-order valence-electron chi connectivity index (χ3n) is 4.42. The molecule has 1 aliphatic rings. The average Bonchev–Trinajstić information content (AvgIpc) is 2.73. The minimum atomic E-state index is -3.69. The number of aromatic amines is 1. The Morgan fingerprint density at radius 2 is 1.89 bits per heavy atom. The number of rotatable bonds is 3. The Morgan fingerprint density at radius 3 is 2.64 bits per heavy atom. The first-order valence-corrected chi connectivity index (χ1v) is 9.84. The zero-order chi connectivity index (χ0) is 19.9. The Hall–Kier alpha value is -2.96. The number of nitrogens with zero attached hydrogens (tertiary/aromatic N) is 5. The van der Waals surface area contributed by atoms with Gasteiger partial charge in [0, 0.05) is 25.7 Å². The van der Waals surface area contributed by atoms with Crippen molar-refractivity contribution in [2.24, 2.45) is 7.05 Å². The molecular weight excluding hydrogens is 388 g/mol. The van der Waals surface area contributed by atoms with Crippen LogP contribution in [0.2, 0.25) is 0 Å². The molecule has 0 aliphatic carbocycles. The highest BCUT2D eigenvalue weighted by atomic mass is 32.2. The maximum absolute atomic E-state index is 12.8. The number of benzene rings is 1. The lowest BCUT2D eigenvalue weighted by Crippen LogP contribution is -2.40. The van der Waals surface area contributed by atoms with Gasteiger partial charge in [-0.3, -0.25) is 14.3 Å². The van der Waals surface area contributed by atoms with Crippen molar-refractivity contribution in [1.29, 1.82) is 0 Å². The summed E-state index contributed by atoms with van der Waals surface area (Å²) in [7, 11) is -2.37. The summed E-state index contributed by atoms with van der Waals surface area (Å²) < 4.78 is 33.1. The van der Waals surface area contributed by atoms with E-state index < -0.39 is 21.3 Å². The number of H-pyrrole nitrogens is 1. The first-order valence-electron chi connectivity index (χ1n) is 8.40. The molecule has 0 unspecified atom stereocenters. The lowest BCUT2D eigenvalue weighted by atomic mass is 10.2. The van der Waals surface area contributed by atoms with Gasteiger partial charge in [0.2, 0.25) is 10.0 Å². The van der Waals surface area contributed by atoms with Crippen molar-refractivity contribution in [3.05, 3.63) is 45.1 Å². The van der Waals surface area contributed by atoms with E-state index in [0.717, 1.165) is 4.57 Å². The summed E-state index contributed by atoms with van der Waals surface area (Å²) in [4.78, 5) is 30.6. The molecule has 0 amide bonds. The maximum atomic E-state index is 12.8. The molecule has 11 nitrogen and oxygen atoms in total. The normalized spacial score (nSPS) is 15.8. The zero-order valence-corrected chi connectivity index (χ0v) is 15.6. The van der Waals surface area contributed by atoms with Crippen LogP contribution in [-0.4, -0.2) is 63.8 Å². The van der Waals surface area contributed by atoms with Gasteiger partial charge in [-0.25, -0.2) is 18.2 Å². The van der Waals surface area contributed by atoms with Gasteiger partial charge >= 0.3 is 5.69 Å². The molecular formula is C16H16N6O5S. The molecule has 0 atom stereocenters. The minimum absolute atomic E-state index is 0.0334. The van der Waals surface area contributed by atoms with Gasteiger partial charge in [0.15, 0.2) is 17.0 Å². The third-order valence-corrected chi connectivity index (χ3v) is 6.32. The van der Waals surface area contributed by atoms with E-state index in [1.54, 1.807) is 12.1 Å². The van der Waals surface area contributed by atoms with E-state index in [4.69, 9.17) is 4.74 Å². The van der Waals surface area contributed by atoms with Crippen LogP contribution in [-0.2, 0) is 21.8 Å². The van der Waals surface area contributed by atoms with Crippen LogP contribution in [0.4, 0.5) is 0 Å². The average molecular weight is 404 g/mol. The fourth-order valence-corrected chi connectivity index (χ4v) is 4.30. The summed E-state index contributed by atoms with van der Waals surface area (Å²) in [6, 6.07) is 6.11. The van der Waals surface area contributed by atoms with Gasteiger partial charge in [-0.15, -0.1) is 10.2 Å². The van der Waals surface area contributed by atoms with Gasteiger partial charge in [-0.2, -0.15) is 4.31 Å². The molecule has 2 aromatic heterocycles. The van der Waals surface area contributed by atoms with E-state index in [2.05, 4.69) is 20.2 Å². The molecule has 0 bridgehead atoms. The second kappa shape index (κ2) is 6.89. The van der Waals surface area contributed by atoms with Crippen molar-refractivity contribution in [2.75, 3.05) is 26.3 Å². The van der Waals surface area contributed by atoms with Crippen molar-refractivity contribution in [2.45, 2.75) is 4.90 Å². The van der Waals surface area contributed by atoms with Crippen LogP contribution in [0.5, 0.6) is 0 Å². The lowest BCUT2D eigenvalue weighted by molar-refractivity contribution is 0.0730. The van der Waals surface area contributed by atoms with Gasteiger partial charge in [0.25, 0.3) is 5.56 Å². The van der Waals surface area contributed by atoms with E-state index >= 15 is 0 Å². The molecule has 0 radical (unpaired) electrons. The highest BCUT2D eigenvalue weighted by Crippen LogP contribution is 2.22. The molecule has 1 fully saturated rings. The number of sulfonamides is 1. The Morgan fingerprint density at radius 1 is 1.14 bits per heavy atom. The Labute approximate surface area is 158 Å². The van der Waals surface area contributed by atoms with Crippen molar-refractivity contribution in [3.63, 3.8) is 0 Å². The second-order valence-corrected chi connectivity index (χ2v) is 8.11. The molecule has 4 rings (SSSR count). The summed E-state index contributed by atoms with van der Waals surface area (Å²) in [6.45, 7) is 1.25. The van der Waals surface area contributed by atoms with Crippen LogP contribution in [0.3, 0.4) is 0 Å². The fourth-order valence-electron chi connectivity index (χ4n) is 2.85. The quantitative estimate of drug-likeness (QED) is 0.592. The number of morpholine rings is 1. The van der Waals surface area contributed by atoms with Gasteiger partial charge in [0.05, 0.1) is 18.1 Å². The maximum Gasteiger partial charge on any atom is 0.329 e. The number of hydrogen-bond acceptors (Lipinski definition) is 8. The molecule has 1 aliphatic heterocycles. The van der Waals surface area contributed by atoms with E-state index in [-0.39, 0.29) is 35.0 Å². The second-order valence-electron chi connectivity index (χ2n) is 6.17.